The van der Waals surface area contributed by atoms with Crippen LogP contribution in [0.5, 0.6) is 5.75 Å². The van der Waals surface area contributed by atoms with E-state index in [1.54, 1.807) is 7.11 Å². The van der Waals surface area contributed by atoms with Gasteiger partial charge in [0.15, 0.2) is 0 Å². The zero-order chi connectivity index (χ0) is 14.4. The van der Waals surface area contributed by atoms with Gasteiger partial charge in [0.1, 0.15) is 5.75 Å². The SMILES string of the molecule is COc1ccc(CCC(C)NCC2CCC(=O)N2)cc1. The number of amides is 1. The lowest BCUT2D eigenvalue weighted by Crippen LogP contribution is -2.39. The molecule has 1 heterocycles. The van der Waals surface area contributed by atoms with Crippen LogP contribution in [0.2, 0.25) is 0 Å². The Labute approximate surface area is 120 Å². The van der Waals surface area contributed by atoms with E-state index in [1.807, 2.05) is 12.1 Å². The first-order valence-corrected chi connectivity index (χ1v) is 7.33. The number of aryl methyl sites for hydroxylation is 1. The molecule has 1 aliphatic heterocycles. The highest BCUT2D eigenvalue weighted by molar-refractivity contribution is 5.78. The van der Waals surface area contributed by atoms with Crippen molar-refractivity contribution in [2.75, 3.05) is 13.7 Å². The molecule has 0 bridgehead atoms. The molecule has 0 saturated carbocycles. The van der Waals surface area contributed by atoms with E-state index in [2.05, 4.69) is 29.7 Å². The maximum absolute atomic E-state index is 11.1. The molecule has 0 radical (unpaired) electrons. The van der Waals surface area contributed by atoms with Gasteiger partial charge in [-0.2, -0.15) is 0 Å². The third-order valence-corrected chi connectivity index (χ3v) is 3.82. The van der Waals surface area contributed by atoms with E-state index >= 15 is 0 Å². The Morgan fingerprint density at radius 2 is 2.15 bits per heavy atom. The van der Waals surface area contributed by atoms with Crippen molar-refractivity contribution in [3.05, 3.63) is 29.8 Å². The molecule has 2 atom stereocenters. The van der Waals surface area contributed by atoms with Gasteiger partial charge in [-0.1, -0.05) is 12.1 Å². The molecular formula is C16H24N2O2. The molecule has 0 spiro atoms. The van der Waals surface area contributed by atoms with Crippen molar-refractivity contribution in [3.8, 4) is 5.75 Å². The first kappa shape index (κ1) is 14.9. The third kappa shape index (κ3) is 4.53. The number of nitrogens with one attached hydrogen (secondary N) is 2. The molecule has 1 amide bonds. The van der Waals surface area contributed by atoms with Crippen LogP contribution in [0.25, 0.3) is 0 Å². The molecule has 110 valence electrons. The van der Waals surface area contributed by atoms with Crippen molar-refractivity contribution in [1.29, 1.82) is 0 Å². The summed E-state index contributed by atoms with van der Waals surface area (Å²) in [6.45, 7) is 3.07. The summed E-state index contributed by atoms with van der Waals surface area (Å²) in [7, 11) is 1.68. The molecule has 1 aliphatic rings. The van der Waals surface area contributed by atoms with Crippen molar-refractivity contribution in [3.63, 3.8) is 0 Å². The Bertz CT molecular complexity index is 431. The second kappa shape index (κ2) is 7.29. The summed E-state index contributed by atoms with van der Waals surface area (Å²) in [6, 6.07) is 9.00. The number of ether oxygens (including phenoxy) is 1. The second-order valence-corrected chi connectivity index (χ2v) is 5.50. The molecule has 2 unspecified atom stereocenters. The molecular weight excluding hydrogens is 252 g/mol. The summed E-state index contributed by atoms with van der Waals surface area (Å²) < 4.78 is 5.15. The topological polar surface area (TPSA) is 50.4 Å². The molecule has 4 nitrogen and oxygen atoms in total. The van der Waals surface area contributed by atoms with Gasteiger partial charge in [0.05, 0.1) is 7.11 Å². The number of carbonyl (C=O) groups is 1. The maximum atomic E-state index is 11.1. The van der Waals surface area contributed by atoms with Crippen LogP contribution < -0.4 is 15.4 Å². The monoisotopic (exact) mass is 276 g/mol. The van der Waals surface area contributed by atoms with Gasteiger partial charge in [-0.15, -0.1) is 0 Å². The molecule has 0 aromatic heterocycles. The lowest BCUT2D eigenvalue weighted by molar-refractivity contribution is -0.119. The lowest BCUT2D eigenvalue weighted by atomic mass is 10.1. The highest BCUT2D eigenvalue weighted by Gasteiger charge is 2.20. The number of carbonyl (C=O) groups excluding carboxylic acids is 1. The number of benzene rings is 1. The fourth-order valence-electron chi connectivity index (χ4n) is 2.45. The Balaban J connectivity index is 1.66. The molecule has 2 N–H and O–H groups in total. The predicted molar refractivity (Wildman–Crippen MR) is 79.9 cm³/mol. The highest BCUT2D eigenvalue weighted by atomic mass is 16.5. The van der Waals surface area contributed by atoms with E-state index in [4.69, 9.17) is 4.74 Å². The second-order valence-electron chi connectivity index (χ2n) is 5.50. The van der Waals surface area contributed by atoms with Crippen LogP contribution in [-0.4, -0.2) is 31.6 Å². The summed E-state index contributed by atoms with van der Waals surface area (Å²) in [5.74, 6) is 1.08. The summed E-state index contributed by atoms with van der Waals surface area (Å²) in [5.41, 5.74) is 1.33. The molecule has 4 heteroatoms. The van der Waals surface area contributed by atoms with Crippen LogP contribution in [0.4, 0.5) is 0 Å². The molecule has 1 fully saturated rings. The fraction of sp³-hybridized carbons (Fsp3) is 0.562. The van der Waals surface area contributed by atoms with Crippen LogP contribution in [0.15, 0.2) is 24.3 Å². The first-order valence-electron chi connectivity index (χ1n) is 7.33. The minimum absolute atomic E-state index is 0.183. The predicted octanol–water partition coefficient (Wildman–Crippen LogP) is 1.88. The molecule has 1 saturated heterocycles. The molecule has 1 aromatic carbocycles. The van der Waals surface area contributed by atoms with E-state index in [1.165, 1.54) is 5.56 Å². The first-order chi connectivity index (χ1) is 9.67. The van der Waals surface area contributed by atoms with Crippen molar-refractivity contribution in [2.45, 2.75) is 44.7 Å². The van der Waals surface area contributed by atoms with Crippen LogP contribution in [0, 0.1) is 0 Å². The van der Waals surface area contributed by atoms with Crippen molar-refractivity contribution >= 4 is 5.91 Å². The largest absolute Gasteiger partial charge is 0.497 e. The average molecular weight is 276 g/mol. The van der Waals surface area contributed by atoms with Crippen molar-refractivity contribution < 1.29 is 9.53 Å². The quantitative estimate of drug-likeness (QED) is 0.799. The molecule has 0 aliphatic carbocycles. The Morgan fingerprint density at radius 3 is 2.75 bits per heavy atom. The Hall–Kier alpha value is -1.55. The smallest absolute Gasteiger partial charge is 0.220 e. The van der Waals surface area contributed by atoms with Gasteiger partial charge in [-0.25, -0.2) is 0 Å². The third-order valence-electron chi connectivity index (χ3n) is 3.82. The molecule has 1 aromatic rings. The summed E-state index contributed by atoms with van der Waals surface area (Å²) >= 11 is 0. The van der Waals surface area contributed by atoms with Gasteiger partial charge in [0, 0.05) is 25.0 Å². The summed E-state index contributed by atoms with van der Waals surface area (Å²) in [5, 5.41) is 6.48. The summed E-state index contributed by atoms with van der Waals surface area (Å²) in [4.78, 5) is 11.1. The fourth-order valence-corrected chi connectivity index (χ4v) is 2.45. The van der Waals surface area contributed by atoms with Gasteiger partial charge in [0.2, 0.25) is 5.91 Å². The number of hydrogen-bond acceptors (Lipinski definition) is 3. The number of rotatable bonds is 7. The van der Waals surface area contributed by atoms with Gasteiger partial charge >= 0.3 is 0 Å². The van der Waals surface area contributed by atoms with Crippen LogP contribution in [0.1, 0.15) is 31.7 Å². The van der Waals surface area contributed by atoms with Gasteiger partial charge in [-0.05, 0) is 43.9 Å². The van der Waals surface area contributed by atoms with E-state index in [9.17, 15) is 4.79 Å². The lowest BCUT2D eigenvalue weighted by Gasteiger charge is -2.17. The van der Waals surface area contributed by atoms with E-state index in [0.29, 0.717) is 18.5 Å². The zero-order valence-corrected chi connectivity index (χ0v) is 12.3. The number of methoxy groups -OCH3 is 1. The van der Waals surface area contributed by atoms with Gasteiger partial charge in [0.25, 0.3) is 0 Å². The van der Waals surface area contributed by atoms with Crippen LogP contribution >= 0.6 is 0 Å². The van der Waals surface area contributed by atoms with Gasteiger partial charge in [-0.3, -0.25) is 4.79 Å². The zero-order valence-electron chi connectivity index (χ0n) is 12.3. The highest BCUT2D eigenvalue weighted by Crippen LogP contribution is 2.13. The molecule has 20 heavy (non-hydrogen) atoms. The minimum Gasteiger partial charge on any atom is -0.497 e. The van der Waals surface area contributed by atoms with Gasteiger partial charge < -0.3 is 15.4 Å². The maximum Gasteiger partial charge on any atom is 0.220 e. The Morgan fingerprint density at radius 1 is 1.40 bits per heavy atom. The van der Waals surface area contributed by atoms with Crippen LogP contribution in [-0.2, 0) is 11.2 Å². The minimum atomic E-state index is 0.183. The normalized spacial score (nSPS) is 19.7. The average Bonchev–Trinajstić information content (AvgIpc) is 2.89. The van der Waals surface area contributed by atoms with E-state index in [-0.39, 0.29) is 5.91 Å². The van der Waals surface area contributed by atoms with Crippen LogP contribution in [0.3, 0.4) is 0 Å². The standard InChI is InChI=1S/C16H24N2O2/c1-12(17-11-14-7-10-16(19)18-14)3-4-13-5-8-15(20-2)9-6-13/h5-6,8-9,12,14,17H,3-4,7,10-11H2,1-2H3,(H,18,19). The van der Waals surface area contributed by atoms with E-state index in [0.717, 1.165) is 31.6 Å². The van der Waals surface area contributed by atoms with Crippen molar-refractivity contribution in [2.24, 2.45) is 0 Å². The molecule has 2 rings (SSSR count). The number of hydrogen-bond donors (Lipinski definition) is 2. The Kier molecular flexibility index (Phi) is 5.41. The van der Waals surface area contributed by atoms with E-state index < -0.39 is 0 Å². The van der Waals surface area contributed by atoms with Crippen molar-refractivity contribution in [1.82, 2.24) is 10.6 Å². The summed E-state index contributed by atoms with van der Waals surface area (Å²) in [6.07, 6.45) is 3.77.